The molecule has 3 N–H and O–H groups in total. The van der Waals surface area contributed by atoms with Gasteiger partial charge in [0.25, 0.3) is 0 Å². The fourth-order valence-electron chi connectivity index (χ4n) is 6.23. The number of carbonyl (C=O) groups excluding carboxylic acids is 2. The van der Waals surface area contributed by atoms with Gasteiger partial charge in [0, 0.05) is 19.4 Å². The summed E-state index contributed by atoms with van der Waals surface area (Å²) in [7, 11) is -4.42. The van der Waals surface area contributed by atoms with Crippen LogP contribution in [0.15, 0.2) is 60.8 Å². The van der Waals surface area contributed by atoms with E-state index in [-0.39, 0.29) is 32.1 Å². The van der Waals surface area contributed by atoms with E-state index in [1.54, 1.807) is 0 Å². The lowest BCUT2D eigenvalue weighted by Gasteiger charge is -2.15. The van der Waals surface area contributed by atoms with Crippen LogP contribution in [-0.4, -0.2) is 54.3 Å². The summed E-state index contributed by atoms with van der Waals surface area (Å²) in [6.45, 7) is 3.43. The quantitative estimate of drug-likeness (QED) is 0.0239. The van der Waals surface area contributed by atoms with Crippen LogP contribution in [0.25, 0.3) is 0 Å². The van der Waals surface area contributed by atoms with Crippen molar-refractivity contribution in [2.75, 3.05) is 26.4 Å². The van der Waals surface area contributed by atoms with E-state index >= 15 is 0 Å². The molecule has 10 heteroatoms. The number of hydrogen-bond acceptors (Lipinski definition) is 7. The highest BCUT2D eigenvalue weighted by molar-refractivity contribution is 7.47. The second-order valence-electron chi connectivity index (χ2n) is 15.4. The van der Waals surface area contributed by atoms with Crippen molar-refractivity contribution in [1.29, 1.82) is 0 Å². The molecule has 0 aliphatic carbocycles. The van der Waals surface area contributed by atoms with E-state index in [4.69, 9.17) is 13.8 Å². The number of carbonyl (C=O) groups is 2. The molecule has 0 aromatic carbocycles. The summed E-state index contributed by atoms with van der Waals surface area (Å²) in [5.74, 6) is -0.534. The molecule has 2 unspecified atom stereocenters. The number of rotatable bonds is 43. The number of ether oxygens (including phenoxy) is 1. The molecule has 0 fully saturated rings. The first-order valence-electron chi connectivity index (χ1n) is 23.3. The van der Waals surface area contributed by atoms with E-state index in [1.165, 1.54) is 83.5 Å². The fraction of sp³-hybridized carbons (Fsp3) is 0.750. The molecule has 58 heavy (non-hydrogen) atoms. The summed E-state index contributed by atoms with van der Waals surface area (Å²) >= 11 is 0. The average Bonchev–Trinajstić information content (AvgIpc) is 3.21. The van der Waals surface area contributed by atoms with E-state index in [0.717, 1.165) is 83.5 Å². The monoisotopic (exact) mass is 836 g/mol. The summed E-state index contributed by atoms with van der Waals surface area (Å²) < 4.78 is 26.9. The fourth-order valence-corrected chi connectivity index (χ4v) is 6.99. The maximum Gasteiger partial charge on any atom is 0.472 e. The van der Waals surface area contributed by atoms with Gasteiger partial charge in [-0.25, -0.2) is 4.57 Å². The van der Waals surface area contributed by atoms with Gasteiger partial charge in [0.1, 0.15) is 12.7 Å². The molecule has 0 aliphatic heterocycles. The molecule has 1 amide bonds. The van der Waals surface area contributed by atoms with Crippen LogP contribution in [0.5, 0.6) is 0 Å². The third-order valence-corrected chi connectivity index (χ3v) is 10.7. The molecular weight excluding hydrogens is 750 g/mol. The zero-order valence-electron chi connectivity index (χ0n) is 37.0. The predicted octanol–water partition coefficient (Wildman–Crippen LogP) is 13.3. The van der Waals surface area contributed by atoms with Crippen LogP contribution < -0.4 is 5.32 Å². The van der Waals surface area contributed by atoms with E-state index < -0.39 is 26.5 Å². The van der Waals surface area contributed by atoms with Gasteiger partial charge in [-0.15, -0.1) is 0 Å². The molecule has 0 bridgehead atoms. The Morgan fingerprint density at radius 3 is 1.48 bits per heavy atom. The Morgan fingerprint density at radius 1 is 0.552 bits per heavy atom. The zero-order chi connectivity index (χ0) is 42.5. The molecule has 9 nitrogen and oxygen atoms in total. The highest BCUT2D eigenvalue weighted by Gasteiger charge is 2.23. The molecule has 2 atom stereocenters. The summed E-state index contributed by atoms with van der Waals surface area (Å²) in [6.07, 6.45) is 52.9. The summed E-state index contributed by atoms with van der Waals surface area (Å²) in [5.41, 5.74) is 0. The molecule has 0 aromatic rings. The van der Waals surface area contributed by atoms with Crippen molar-refractivity contribution in [3.63, 3.8) is 0 Å². The van der Waals surface area contributed by atoms with Gasteiger partial charge in [0.05, 0.1) is 13.2 Å². The highest BCUT2D eigenvalue weighted by Crippen LogP contribution is 2.42. The van der Waals surface area contributed by atoms with Gasteiger partial charge in [-0.2, -0.15) is 0 Å². The molecule has 0 spiro atoms. The smallest absolute Gasteiger partial charge is 0.463 e. The molecule has 336 valence electrons. The molecule has 0 aromatic heterocycles. The first kappa shape index (κ1) is 55.7. The number of hydrogen-bond donors (Lipinski definition) is 3. The third-order valence-electron chi connectivity index (χ3n) is 9.71. The first-order valence-corrected chi connectivity index (χ1v) is 24.8. The number of amides is 1. The van der Waals surface area contributed by atoms with Crippen molar-refractivity contribution in [3.8, 4) is 0 Å². The number of esters is 1. The van der Waals surface area contributed by atoms with Crippen LogP contribution in [0.3, 0.4) is 0 Å². The Balaban J connectivity index is 3.63. The molecule has 0 saturated carbocycles. The van der Waals surface area contributed by atoms with Crippen LogP contribution in [0.4, 0.5) is 0 Å². The van der Waals surface area contributed by atoms with E-state index in [0.29, 0.717) is 12.8 Å². The normalized spacial score (nSPS) is 13.8. The second kappa shape index (κ2) is 44.3. The number of unbranched alkanes of at least 4 members (excludes halogenated alkanes) is 20. The average molecular weight is 836 g/mol. The van der Waals surface area contributed by atoms with Crippen molar-refractivity contribution in [2.45, 2.75) is 206 Å². The van der Waals surface area contributed by atoms with E-state index in [1.807, 2.05) is 0 Å². The van der Waals surface area contributed by atoms with Crippen LogP contribution in [0, 0.1) is 0 Å². The van der Waals surface area contributed by atoms with Gasteiger partial charge in [-0.3, -0.25) is 18.6 Å². The van der Waals surface area contributed by atoms with Crippen LogP contribution in [-0.2, 0) is 27.9 Å². The number of allylic oxidation sites excluding steroid dienone is 10. The van der Waals surface area contributed by atoms with Crippen LogP contribution >= 0.6 is 7.82 Å². The van der Waals surface area contributed by atoms with E-state index in [2.05, 4.69) is 79.9 Å². The number of aliphatic hydroxyl groups is 1. The van der Waals surface area contributed by atoms with Gasteiger partial charge < -0.3 is 20.1 Å². The lowest BCUT2D eigenvalue weighted by atomic mass is 10.0. The van der Waals surface area contributed by atoms with Crippen molar-refractivity contribution in [3.05, 3.63) is 60.8 Å². The topological polar surface area (TPSA) is 131 Å². The molecule has 0 aliphatic rings. The molecule has 0 saturated heterocycles. The standard InChI is InChI=1S/C48H86NO8P/c1-3-5-7-9-11-13-15-17-19-21-22-23-24-25-27-29-31-33-35-37-39-41-48(52)55-44-46(50)45-57-58(53,54)56-43-42-49-47(51)40-38-36-34-32-30-28-26-20-18-16-14-12-10-8-6-4-2/h5,7,11,13,17,19,22-23,25,27,46,50H,3-4,6,8-10,12,14-16,18,20-21,24,26,28-45H2,1-2H3,(H,49,51)(H,53,54)/b7-5-,13-11-,19-17-,23-22-,27-25-. The van der Waals surface area contributed by atoms with Crippen molar-refractivity contribution in [2.24, 2.45) is 0 Å². The van der Waals surface area contributed by atoms with Crippen molar-refractivity contribution in [1.82, 2.24) is 5.32 Å². The van der Waals surface area contributed by atoms with Gasteiger partial charge in [0.15, 0.2) is 0 Å². The Kier molecular flexibility index (Phi) is 42.5. The molecule has 0 heterocycles. The second-order valence-corrected chi connectivity index (χ2v) is 16.8. The number of phosphoric ester groups is 1. The zero-order valence-corrected chi connectivity index (χ0v) is 37.9. The van der Waals surface area contributed by atoms with Gasteiger partial charge in [0.2, 0.25) is 5.91 Å². The van der Waals surface area contributed by atoms with Crippen molar-refractivity contribution < 1.29 is 37.9 Å². The SMILES string of the molecule is CC/C=C\C/C=C\C/C=C\C/C=C\C/C=C\CCCCCCCC(=O)OCC(O)COP(=O)(O)OCCNC(=O)CCCCCCCCCCCCCCCCCC. The Morgan fingerprint density at radius 2 is 0.983 bits per heavy atom. The minimum absolute atomic E-state index is 0.0794. The molecule has 0 rings (SSSR count). The lowest BCUT2D eigenvalue weighted by Crippen LogP contribution is -2.27. The third kappa shape index (κ3) is 44.8. The highest BCUT2D eigenvalue weighted by atomic mass is 31.2. The van der Waals surface area contributed by atoms with Crippen LogP contribution in [0.2, 0.25) is 0 Å². The summed E-state index contributed by atoms with van der Waals surface area (Å²) in [5, 5.41) is 12.7. The minimum atomic E-state index is -4.42. The first-order chi connectivity index (χ1) is 28.3. The Bertz CT molecular complexity index is 1130. The number of nitrogens with one attached hydrogen (secondary N) is 1. The van der Waals surface area contributed by atoms with Gasteiger partial charge in [-0.05, 0) is 57.8 Å². The Labute approximate surface area is 355 Å². The number of aliphatic hydroxyl groups excluding tert-OH is 1. The van der Waals surface area contributed by atoms with Gasteiger partial charge in [-0.1, -0.05) is 190 Å². The van der Waals surface area contributed by atoms with Crippen LogP contribution in [0.1, 0.15) is 200 Å². The minimum Gasteiger partial charge on any atom is -0.463 e. The summed E-state index contributed by atoms with van der Waals surface area (Å²) in [6, 6.07) is 0. The summed E-state index contributed by atoms with van der Waals surface area (Å²) in [4.78, 5) is 34.0. The largest absolute Gasteiger partial charge is 0.472 e. The van der Waals surface area contributed by atoms with E-state index in [9.17, 15) is 24.2 Å². The number of phosphoric acid groups is 1. The van der Waals surface area contributed by atoms with Gasteiger partial charge >= 0.3 is 13.8 Å². The van der Waals surface area contributed by atoms with Crippen molar-refractivity contribution >= 4 is 19.7 Å². The molecule has 0 radical (unpaired) electrons. The maximum absolute atomic E-state index is 12.1. The molecular formula is C48H86NO8P. The Hall–Kier alpha value is -2.29. The predicted molar refractivity (Wildman–Crippen MR) is 243 cm³/mol. The lowest BCUT2D eigenvalue weighted by molar-refractivity contribution is -0.147. The maximum atomic E-state index is 12.1.